The van der Waals surface area contributed by atoms with Crippen molar-refractivity contribution in [1.29, 1.82) is 5.41 Å². The van der Waals surface area contributed by atoms with Crippen molar-refractivity contribution in [3.8, 4) is 5.75 Å². The largest absolute Gasteiger partial charge is 0.483 e. The van der Waals surface area contributed by atoms with Crippen LogP contribution in [0.25, 0.3) is 5.57 Å². The molecule has 0 spiro atoms. The van der Waals surface area contributed by atoms with Crippen LogP contribution in [0.3, 0.4) is 0 Å². The highest BCUT2D eigenvalue weighted by Gasteiger charge is 2.28. The maximum atomic E-state index is 11.8. The number of nitrogens with zero attached hydrogens (tertiary/aromatic N) is 1. The van der Waals surface area contributed by atoms with Gasteiger partial charge in [-0.3, -0.25) is 4.79 Å². The molecule has 1 N–H and O–H groups in total. The predicted octanol–water partition coefficient (Wildman–Crippen LogP) is 3.02. The van der Waals surface area contributed by atoms with Crippen LogP contribution in [0.5, 0.6) is 5.75 Å². The van der Waals surface area contributed by atoms with Gasteiger partial charge in [0.05, 0.1) is 0 Å². The van der Waals surface area contributed by atoms with Gasteiger partial charge >= 0.3 is 0 Å². The molecule has 0 aliphatic carbocycles. The van der Waals surface area contributed by atoms with Gasteiger partial charge in [0.25, 0.3) is 0 Å². The number of hydrogen-bond donors (Lipinski definition) is 1. The Bertz CT molecular complexity index is 617. The van der Waals surface area contributed by atoms with Gasteiger partial charge in [-0.1, -0.05) is 0 Å². The van der Waals surface area contributed by atoms with E-state index in [-0.39, 0.29) is 5.91 Å². The molecule has 1 aromatic rings. The third kappa shape index (κ3) is 2.11. The molecule has 1 fully saturated rings. The second-order valence-corrected chi connectivity index (χ2v) is 5.78. The fourth-order valence-corrected chi connectivity index (χ4v) is 2.81. The van der Waals surface area contributed by atoms with E-state index in [1.807, 2.05) is 38.1 Å². The number of ether oxygens (including phenoxy) is 1. The van der Waals surface area contributed by atoms with Crippen LogP contribution in [0.2, 0.25) is 0 Å². The Labute approximate surface area is 118 Å². The summed E-state index contributed by atoms with van der Waals surface area (Å²) in [6, 6.07) is 5.78. The van der Waals surface area contributed by atoms with Crippen LogP contribution in [0, 0.1) is 5.41 Å². The van der Waals surface area contributed by atoms with Crippen molar-refractivity contribution in [1.82, 2.24) is 0 Å². The van der Waals surface area contributed by atoms with Crippen LogP contribution < -0.4 is 9.64 Å². The second kappa shape index (κ2) is 4.47. The van der Waals surface area contributed by atoms with Crippen molar-refractivity contribution in [3.05, 3.63) is 29.8 Å². The summed E-state index contributed by atoms with van der Waals surface area (Å²) in [7, 11) is 0. The van der Waals surface area contributed by atoms with E-state index in [0.29, 0.717) is 6.42 Å². The number of anilines is 1. The van der Waals surface area contributed by atoms with E-state index >= 15 is 0 Å². The van der Waals surface area contributed by atoms with Crippen LogP contribution in [-0.2, 0) is 4.79 Å². The third-order valence-corrected chi connectivity index (χ3v) is 3.69. The Morgan fingerprint density at radius 2 is 2.20 bits per heavy atom. The average Bonchev–Trinajstić information content (AvgIpc) is 2.82. The van der Waals surface area contributed by atoms with Crippen molar-refractivity contribution >= 4 is 23.4 Å². The molecular weight excluding hydrogens is 252 g/mol. The van der Waals surface area contributed by atoms with E-state index in [9.17, 15) is 4.79 Å². The number of fused-ring (bicyclic) bond motifs is 1. The number of allylic oxidation sites excluding steroid dienone is 1. The second-order valence-electron chi connectivity index (χ2n) is 5.78. The number of amides is 1. The minimum atomic E-state index is -0.437. The maximum absolute atomic E-state index is 11.8. The summed E-state index contributed by atoms with van der Waals surface area (Å²) >= 11 is 0. The van der Waals surface area contributed by atoms with E-state index < -0.39 is 5.60 Å². The molecule has 0 unspecified atom stereocenters. The molecule has 1 saturated heterocycles. The molecule has 0 radical (unpaired) electrons. The fourth-order valence-electron chi connectivity index (χ4n) is 2.81. The molecule has 104 valence electrons. The Balaban J connectivity index is 2.03. The minimum Gasteiger partial charge on any atom is -0.483 e. The smallest absolute Gasteiger partial charge is 0.227 e. The lowest BCUT2D eigenvalue weighted by Crippen LogP contribution is -2.30. The van der Waals surface area contributed by atoms with E-state index in [2.05, 4.69) is 0 Å². The maximum Gasteiger partial charge on any atom is 0.227 e. The molecule has 0 saturated carbocycles. The van der Waals surface area contributed by atoms with Gasteiger partial charge in [-0.15, -0.1) is 0 Å². The van der Waals surface area contributed by atoms with Crippen LogP contribution in [0.1, 0.15) is 32.3 Å². The topological polar surface area (TPSA) is 53.4 Å². The quantitative estimate of drug-likeness (QED) is 0.840. The van der Waals surface area contributed by atoms with E-state index in [1.54, 1.807) is 4.90 Å². The van der Waals surface area contributed by atoms with Crippen molar-refractivity contribution in [2.75, 3.05) is 11.4 Å². The van der Waals surface area contributed by atoms with Crippen LogP contribution in [0.4, 0.5) is 5.69 Å². The summed E-state index contributed by atoms with van der Waals surface area (Å²) in [4.78, 5) is 13.6. The zero-order valence-electron chi connectivity index (χ0n) is 11.8. The van der Waals surface area contributed by atoms with Crippen molar-refractivity contribution in [2.24, 2.45) is 0 Å². The molecule has 2 aliphatic rings. The number of carbonyl (C=O) groups is 1. The first-order valence-electron chi connectivity index (χ1n) is 6.87. The molecular formula is C16H18N2O2. The van der Waals surface area contributed by atoms with Crippen molar-refractivity contribution in [3.63, 3.8) is 0 Å². The third-order valence-electron chi connectivity index (χ3n) is 3.69. The summed E-state index contributed by atoms with van der Waals surface area (Å²) in [5.41, 5.74) is 2.21. The molecule has 20 heavy (non-hydrogen) atoms. The van der Waals surface area contributed by atoms with E-state index in [0.717, 1.165) is 35.5 Å². The van der Waals surface area contributed by atoms with Crippen LogP contribution in [-0.4, -0.2) is 24.3 Å². The monoisotopic (exact) mass is 270 g/mol. The molecule has 1 amide bonds. The highest BCUT2D eigenvalue weighted by atomic mass is 16.5. The van der Waals surface area contributed by atoms with Gasteiger partial charge in [0.15, 0.2) is 0 Å². The average molecular weight is 270 g/mol. The van der Waals surface area contributed by atoms with Crippen LogP contribution >= 0.6 is 0 Å². The molecule has 4 heteroatoms. The summed E-state index contributed by atoms with van der Waals surface area (Å²) in [5.74, 6) is 0.913. The first-order valence-corrected chi connectivity index (χ1v) is 6.87. The zero-order chi connectivity index (χ0) is 14.3. The number of benzene rings is 1. The van der Waals surface area contributed by atoms with Gasteiger partial charge in [-0.05, 0) is 38.5 Å². The summed E-state index contributed by atoms with van der Waals surface area (Å²) in [6.07, 6.45) is 4.83. The van der Waals surface area contributed by atoms with Gasteiger partial charge in [0, 0.05) is 42.1 Å². The molecule has 3 rings (SSSR count). The summed E-state index contributed by atoms with van der Waals surface area (Å²) < 4.78 is 5.97. The van der Waals surface area contributed by atoms with Crippen molar-refractivity contribution in [2.45, 2.75) is 32.3 Å². The van der Waals surface area contributed by atoms with Gasteiger partial charge in [-0.25, -0.2) is 0 Å². The lowest BCUT2D eigenvalue weighted by molar-refractivity contribution is -0.117. The Kier molecular flexibility index (Phi) is 2.89. The van der Waals surface area contributed by atoms with Gasteiger partial charge in [-0.2, -0.15) is 0 Å². The standard InChI is InChI=1S/C16H18N2O2/c1-16(2)9-11(10-17)13-6-5-12(8-14(13)20-16)18-7-3-4-15(18)19/h5-6,8-10,17H,3-4,7H2,1-2H3. The predicted molar refractivity (Wildman–Crippen MR) is 79.5 cm³/mol. The summed E-state index contributed by atoms with van der Waals surface area (Å²) in [5, 5.41) is 7.54. The lowest BCUT2D eigenvalue weighted by atomic mass is 9.95. The molecule has 4 nitrogen and oxygen atoms in total. The van der Waals surface area contributed by atoms with Gasteiger partial charge in [0.1, 0.15) is 11.4 Å². The molecule has 0 aromatic heterocycles. The highest BCUT2D eigenvalue weighted by Crippen LogP contribution is 2.38. The number of rotatable bonds is 2. The SMILES string of the molecule is CC1(C)C=C(C=N)c2ccc(N3CCCC3=O)cc2O1. The first kappa shape index (κ1) is 12.9. The van der Waals surface area contributed by atoms with Gasteiger partial charge in [0.2, 0.25) is 5.91 Å². The van der Waals surface area contributed by atoms with E-state index in [4.69, 9.17) is 10.1 Å². The minimum absolute atomic E-state index is 0.169. The zero-order valence-corrected chi connectivity index (χ0v) is 11.8. The molecule has 0 atom stereocenters. The Morgan fingerprint density at radius 1 is 1.40 bits per heavy atom. The van der Waals surface area contributed by atoms with Crippen LogP contribution in [0.15, 0.2) is 24.3 Å². The molecule has 2 heterocycles. The normalized spacial score (nSPS) is 20.2. The molecule has 1 aromatic carbocycles. The fraction of sp³-hybridized carbons (Fsp3) is 0.375. The Morgan fingerprint density at radius 3 is 2.85 bits per heavy atom. The number of hydrogen-bond acceptors (Lipinski definition) is 3. The van der Waals surface area contributed by atoms with E-state index in [1.165, 1.54) is 6.21 Å². The molecule has 2 aliphatic heterocycles. The van der Waals surface area contributed by atoms with Gasteiger partial charge < -0.3 is 15.0 Å². The number of nitrogens with one attached hydrogen (secondary N) is 1. The van der Waals surface area contributed by atoms with Crippen molar-refractivity contribution < 1.29 is 9.53 Å². The first-order chi connectivity index (χ1) is 9.50. The number of carbonyl (C=O) groups excluding carboxylic acids is 1. The highest BCUT2D eigenvalue weighted by molar-refractivity contribution is 6.10. The summed E-state index contributed by atoms with van der Waals surface area (Å²) in [6.45, 7) is 4.70. The Hall–Kier alpha value is -2.10. The lowest BCUT2D eigenvalue weighted by Gasteiger charge is -2.31. The molecule has 0 bridgehead atoms.